The largest absolute Gasteiger partial charge is 0.490 e. The molecule has 2 nitrogen and oxygen atoms in total. The first-order chi connectivity index (χ1) is 13.7. The Hall–Kier alpha value is -2.68. The van der Waals surface area contributed by atoms with Crippen LogP contribution in [0.4, 0.5) is 4.39 Å². The van der Waals surface area contributed by atoms with Crippen LogP contribution in [0.5, 0.6) is 5.75 Å². The van der Waals surface area contributed by atoms with Crippen LogP contribution in [0.25, 0.3) is 22.0 Å². The zero-order valence-corrected chi connectivity index (χ0v) is 16.5. The highest BCUT2D eigenvalue weighted by atomic mass is 19.1. The Balaban J connectivity index is 1.64. The maximum Gasteiger partial charge on any atom is 0.119 e. The van der Waals surface area contributed by atoms with Crippen molar-refractivity contribution in [2.45, 2.75) is 45.2 Å². The van der Waals surface area contributed by atoms with Gasteiger partial charge in [0.2, 0.25) is 0 Å². The molecule has 28 heavy (non-hydrogen) atoms. The van der Waals surface area contributed by atoms with Crippen molar-refractivity contribution >= 4 is 10.8 Å². The molecule has 0 saturated carbocycles. The molecule has 0 aliphatic carbocycles. The van der Waals surface area contributed by atoms with Crippen LogP contribution < -0.4 is 4.74 Å². The Morgan fingerprint density at radius 3 is 2.61 bits per heavy atom. The molecule has 0 aliphatic heterocycles. The number of halogens is 1. The first kappa shape index (κ1) is 20.1. The lowest BCUT2D eigenvalue weighted by atomic mass is 10.0. The van der Waals surface area contributed by atoms with Crippen molar-refractivity contribution in [3.8, 4) is 17.0 Å². The highest BCUT2D eigenvalue weighted by Crippen LogP contribution is 2.25. The van der Waals surface area contributed by atoms with E-state index in [2.05, 4.69) is 35.8 Å². The standard InChI is InChI=1S/C25H28FNO/c1-3-15-28-24-13-11-21(12-14-24)25-17-22-10-9-20(16-23(22)18-27-25)8-6-4-5-7-19(2)26/h3,9-14,16-19H,1,4-8,15H2,2H3. The minimum Gasteiger partial charge on any atom is -0.490 e. The summed E-state index contributed by atoms with van der Waals surface area (Å²) in [4.78, 5) is 4.64. The fourth-order valence-corrected chi connectivity index (χ4v) is 3.31. The lowest BCUT2D eigenvalue weighted by Crippen LogP contribution is -1.93. The molecule has 0 bridgehead atoms. The number of hydrogen-bond acceptors (Lipinski definition) is 2. The van der Waals surface area contributed by atoms with Crippen LogP contribution in [0.3, 0.4) is 0 Å². The van der Waals surface area contributed by atoms with E-state index in [1.54, 1.807) is 13.0 Å². The highest BCUT2D eigenvalue weighted by molar-refractivity contribution is 5.85. The highest BCUT2D eigenvalue weighted by Gasteiger charge is 2.04. The number of alkyl halides is 1. The predicted molar refractivity (Wildman–Crippen MR) is 116 cm³/mol. The lowest BCUT2D eigenvalue weighted by Gasteiger charge is -2.08. The van der Waals surface area contributed by atoms with Gasteiger partial charge < -0.3 is 4.74 Å². The van der Waals surface area contributed by atoms with Crippen molar-refractivity contribution in [1.82, 2.24) is 4.98 Å². The first-order valence-electron chi connectivity index (χ1n) is 10.0. The number of benzene rings is 2. The molecule has 0 spiro atoms. The second-order valence-electron chi connectivity index (χ2n) is 7.26. The van der Waals surface area contributed by atoms with Gasteiger partial charge in [-0.05, 0) is 73.5 Å². The number of ether oxygens (including phenoxy) is 1. The summed E-state index contributed by atoms with van der Waals surface area (Å²) in [5.74, 6) is 0.829. The molecule has 2 aromatic carbocycles. The molecule has 0 saturated heterocycles. The Morgan fingerprint density at radius 1 is 1.04 bits per heavy atom. The fraction of sp³-hybridized carbons (Fsp3) is 0.320. The van der Waals surface area contributed by atoms with E-state index in [1.165, 1.54) is 10.9 Å². The molecule has 3 aromatic rings. The normalized spacial score (nSPS) is 12.1. The molecule has 1 atom stereocenters. The number of fused-ring (bicyclic) bond motifs is 1. The van der Waals surface area contributed by atoms with Crippen LogP contribution in [0.2, 0.25) is 0 Å². The summed E-state index contributed by atoms with van der Waals surface area (Å²) < 4.78 is 18.4. The topological polar surface area (TPSA) is 22.1 Å². The molecule has 146 valence electrons. The van der Waals surface area contributed by atoms with E-state index >= 15 is 0 Å². The minimum atomic E-state index is -0.684. The Labute approximate surface area is 167 Å². The van der Waals surface area contributed by atoms with Crippen LogP contribution >= 0.6 is 0 Å². The number of aryl methyl sites for hydroxylation is 1. The molecule has 0 amide bonds. The van der Waals surface area contributed by atoms with Gasteiger partial charge in [0.15, 0.2) is 0 Å². The number of unbranched alkanes of at least 4 members (excludes halogenated alkanes) is 2. The van der Waals surface area contributed by atoms with Crippen molar-refractivity contribution < 1.29 is 9.13 Å². The summed E-state index contributed by atoms with van der Waals surface area (Å²) in [5, 5.41) is 2.34. The lowest BCUT2D eigenvalue weighted by molar-refractivity contribution is 0.330. The number of nitrogens with zero attached hydrogens (tertiary/aromatic N) is 1. The van der Waals surface area contributed by atoms with Gasteiger partial charge in [-0.2, -0.15) is 0 Å². The van der Waals surface area contributed by atoms with Gasteiger partial charge in [0, 0.05) is 17.1 Å². The van der Waals surface area contributed by atoms with E-state index in [1.807, 2.05) is 30.5 Å². The van der Waals surface area contributed by atoms with E-state index in [4.69, 9.17) is 4.74 Å². The summed E-state index contributed by atoms with van der Waals surface area (Å²) in [5.41, 5.74) is 3.34. The number of rotatable bonds is 10. The van der Waals surface area contributed by atoms with E-state index < -0.39 is 6.17 Å². The van der Waals surface area contributed by atoms with Crippen LogP contribution in [-0.2, 0) is 6.42 Å². The van der Waals surface area contributed by atoms with Crippen molar-refractivity contribution in [2.24, 2.45) is 0 Å². The van der Waals surface area contributed by atoms with Crippen LogP contribution in [0.1, 0.15) is 38.2 Å². The smallest absolute Gasteiger partial charge is 0.119 e. The fourth-order valence-electron chi connectivity index (χ4n) is 3.31. The van der Waals surface area contributed by atoms with Crippen molar-refractivity contribution in [3.05, 3.63) is 72.9 Å². The molecule has 1 unspecified atom stereocenters. The van der Waals surface area contributed by atoms with E-state index in [9.17, 15) is 4.39 Å². The van der Waals surface area contributed by atoms with E-state index in [-0.39, 0.29) is 0 Å². The van der Waals surface area contributed by atoms with Crippen molar-refractivity contribution in [2.75, 3.05) is 6.61 Å². The first-order valence-corrected chi connectivity index (χ1v) is 10.0. The van der Waals surface area contributed by atoms with E-state index in [0.717, 1.165) is 48.1 Å². The molecule has 3 heteroatoms. The van der Waals surface area contributed by atoms with Crippen LogP contribution in [0.15, 0.2) is 67.4 Å². The van der Waals surface area contributed by atoms with Crippen molar-refractivity contribution in [3.63, 3.8) is 0 Å². The quantitative estimate of drug-likeness (QED) is 0.282. The van der Waals surface area contributed by atoms with Gasteiger partial charge in [0.1, 0.15) is 12.4 Å². The summed E-state index contributed by atoms with van der Waals surface area (Å²) in [7, 11) is 0. The third-order valence-electron chi connectivity index (χ3n) is 4.87. The summed E-state index contributed by atoms with van der Waals surface area (Å²) >= 11 is 0. The average Bonchev–Trinajstić information content (AvgIpc) is 2.71. The third kappa shape index (κ3) is 5.66. The zero-order chi connectivity index (χ0) is 19.8. The van der Waals surface area contributed by atoms with Crippen LogP contribution in [0, 0.1) is 0 Å². The van der Waals surface area contributed by atoms with Gasteiger partial charge in [0.05, 0.1) is 11.9 Å². The molecule has 0 radical (unpaired) electrons. The molecular formula is C25H28FNO. The van der Waals surface area contributed by atoms with Gasteiger partial charge in [0.25, 0.3) is 0 Å². The van der Waals surface area contributed by atoms with Crippen molar-refractivity contribution in [1.29, 1.82) is 0 Å². The molecule has 1 heterocycles. The number of pyridine rings is 1. The number of aromatic nitrogens is 1. The second-order valence-corrected chi connectivity index (χ2v) is 7.26. The Kier molecular flexibility index (Phi) is 7.18. The molecule has 1 aromatic heterocycles. The summed E-state index contributed by atoms with van der Waals surface area (Å²) in [6.45, 7) is 5.80. The van der Waals surface area contributed by atoms with Gasteiger partial charge in [-0.1, -0.05) is 37.6 Å². The van der Waals surface area contributed by atoms with Gasteiger partial charge in [-0.15, -0.1) is 0 Å². The second kappa shape index (κ2) is 10.0. The number of hydrogen-bond donors (Lipinski definition) is 0. The molecule has 0 aliphatic rings. The minimum absolute atomic E-state index is 0.505. The Bertz CT molecular complexity index is 902. The summed E-state index contributed by atoms with van der Waals surface area (Å²) in [6, 6.07) is 16.7. The predicted octanol–water partition coefficient (Wildman–Crippen LogP) is 6.93. The maximum atomic E-state index is 12.8. The zero-order valence-electron chi connectivity index (χ0n) is 16.5. The maximum absolute atomic E-state index is 12.8. The molecule has 3 rings (SSSR count). The third-order valence-corrected chi connectivity index (χ3v) is 4.87. The summed E-state index contributed by atoms with van der Waals surface area (Å²) in [6.07, 6.45) is 7.85. The van der Waals surface area contributed by atoms with Gasteiger partial charge in [-0.3, -0.25) is 4.98 Å². The molecular weight excluding hydrogens is 349 g/mol. The monoisotopic (exact) mass is 377 g/mol. The van der Waals surface area contributed by atoms with Gasteiger partial charge in [-0.25, -0.2) is 4.39 Å². The van der Waals surface area contributed by atoms with E-state index in [0.29, 0.717) is 13.0 Å². The van der Waals surface area contributed by atoms with Crippen LogP contribution in [-0.4, -0.2) is 17.8 Å². The molecule has 0 fully saturated rings. The van der Waals surface area contributed by atoms with Gasteiger partial charge >= 0.3 is 0 Å². The molecule has 0 N–H and O–H groups in total. The Morgan fingerprint density at radius 2 is 1.86 bits per heavy atom. The SMILES string of the molecule is C=CCOc1ccc(-c2cc3ccc(CCCCCC(C)F)cc3cn2)cc1. The average molecular weight is 378 g/mol.